The molecule has 1 atom stereocenters. The highest BCUT2D eigenvalue weighted by Crippen LogP contribution is 2.36. The van der Waals surface area contributed by atoms with Gasteiger partial charge < -0.3 is 10.1 Å². The molecule has 0 saturated carbocycles. The lowest BCUT2D eigenvalue weighted by molar-refractivity contribution is -0.119. The molecule has 1 saturated heterocycles. The fourth-order valence-corrected chi connectivity index (χ4v) is 2.21. The van der Waals surface area contributed by atoms with E-state index in [-0.39, 0.29) is 11.3 Å². The van der Waals surface area contributed by atoms with Crippen molar-refractivity contribution in [2.75, 3.05) is 13.2 Å². The maximum absolute atomic E-state index is 11.3. The van der Waals surface area contributed by atoms with E-state index in [9.17, 15) is 4.79 Å². The first-order valence-electron chi connectivity index (χ1n) is 5.65. The maximum atomic E-state index is 11.3. The number of carbonyl (C=O) groups excluding carboxylic acids is 1. The average molecular weight is 219 g/mol. The van der Waals surface area contributed by atoms with Crippen molar-refractivity contribution in [3.8, 4) is 5.75 Å². The lowest BCUT2D eigenvalue weighted by Crippen LogP contribution is -2.25. The fourth-order valence-electron chi connectivity index (χ4n) is 2.21. The lowest BCUT2D eigenvalue weighted by Gasteiger charge is -2.24. The number of carbonyl (C=O) groups is 1. The molecule has 0 bridgehead atoms. The summed E-state index contributed by atoms with van der Waals surface area (Å²) in [7, 11) is 0. The van der Waals surface area contributed by atoms with Gasteiger partial charge in [0.1, 0.15) is 5.75 Å². The Morgan fingerprint density at radius 2 is 2.19 bits per heavy atom. The average Bonchev–Trinajstić information content (AvgIpc) is 2.61. The molecule has 1 heterocycles. The van der Waals surface area contributed by atoms with Gasteiger partial charge in [0.2, 0.25) is 5.91 Å². The molecule has 0 aromatic heterocycles. The molecule has 3 heteroatoms. The van der Waals surface area contributed by atoms with E-state index in [1.165, 1.54) is 0 Å². The van der Waals surface area contributed by atoms with Gasteiger partial charge in [0.05, 0.1) is 6.61 Å². The van der Waals surface area contributed by atoms with E-state index in [1.54, 1.807) is 0 Å². The van der Waals surface area contributed by atoms with Gasteiger partial charge in [-0.05, 0) is 13.0 Å². The zero-order valence-corrected chi connectivity index (χ0v) is 9.75. The van der Waals surface area contributed by atoms with Crippen LogP contribution in [0.15, 0.2) is 24.3 Å². The van der Waals surface area contributed by atoms with E-state index in [1.807, 2.05) is 31.2 Å². The molecule has 16 heavy (non-hydrogen) atoms. The molecule has 86 valence electrons. The van der Waals surface area contributed by atoms with Gasteiger partial charge >= 0.3 is 0 Å². The van der Waals surface area contributed by atoms with Crippen molar-refractivity contribution in [3.05, 3.63) is 29.8 Å². The molecule has 1 aliphatic rings. The summed E-state index contributed by atoms with van der Waals surface area (Å²) in [5, 5.41) is 2.88. The first-order valence-corrected chi connectivity index (χ1v) is 5.65. The van der Waals surface area contributed by atoms with Gasteiger partial charge in [-0.2, -0.15) is 0 Å². The molecular formula is C13H17NO2. The van der Waals surface area contributed by atoms with Crippen LogP contribution in [0.25, 0.3) is 0 Å². The molecule has 1 aromatic rings. The highest BCUT2D eigenvalue weighted by atomic mass is 16.5. The summed E-state index contributed by atoms with van der Waals surface area (Å²) in [4.78, 5) is 11.3. The van der Waals surface area contributed by atoms with Gasteiger partial charge in [0.15, 0.2) is 0 Å². The number of hydrogen-bond donors (Lipinski definition) is 1. The predicted octanol–water partition coefficient (Wildman–Crippen LogP) is 1.86. The van der Waals surface area contributed by atoms with Crippen LogP contribution < -0.4 is 10.1 Å². The van der Waals surface area contributed by atoms with Crippen molar-refractivity contribution in [2.24, 2.45) is 0 Å². The van der Waals surface area contributed by atoms with Crippen LogP contribution in [0.4, 0.5) is 0 Å². The summed E-state index contributed by atoms with van der Waals surface area (Å²) in [6, 6.07) is 7.96. The second kappa shape index (κ2) is 4.16. The zero-order chi connectivity index (χ0) is 11.6. The monoisotopic (exact) mass is 219 g/mol. The van der Waals surface area contributed by atoms with Crippen LogP contribution in [0.3, 0.4) is 0 Å². The molecule has 0 aliphatic carbocycles. The SMILES string of the molecule is CCOc1ccccc1C1(C)CNC(=O)C1. The van der Waals surface area contributed by atoms with Crippen LogP contribution in [-0.4, -0.2) is 19.1 Å². The van der Waals surface area contributed by atoms with Crippen molar-refractivity contribution in [3.63, 3.8) is 0 Å². The van der Waals surface area contributed by atoms with Crippen LogP contribution in [0.2, 0.25) is 0 Å². The number of nitrogens with one attached hydrogen (secondary N) is 1. The van der Waals surface area contributed by atoms with E-state index >= 15 is 0 Å². The number of para-hydroxylation sites is 1. The molecule has 1 amide bonds. The summed E-state index contributed by atoms with van der Waals surface area (Å²) < 4.78 is 5.61. The van der Waals surface area contributed by atoms with Crippen molar-refractivity contribution in [2.45, 2.75) is 25.7 Å². The van der Waals surface area contributed by atoms with Crippen LogP contribution in [0, 0.1) is 0 Å². The quantitative estimate of drug-likeness (QED) is 0.842. The Balaban J connectivity index is 2.35. The third-order valence-corrected chi connectivity index (χ3v) is 3.06. The third kappa shape index (κ3) is 1.90. The Bertz CT molecular complexity index is 403. The standard InChI is InChI=1S/C13H17NO2/c1-3-16-11-7-5-4-6-10(11)13(2)8-12(15)14-9-13/h4-7H,3,8-9H2,1-2H3,(H,14,15). The van der Waals surface area contributed by atoms with Crippen LogP contribution in [-0.2, 0) is 10.2 Å². The fraction of sp³-hybridized carbons (Fsp3) is 0.462. The van der Waals surface area contributed by atoms with E-state index in [0.717, 1.165) is 11.3 Å². The topological polar surface area (TPSA) is 38.3 Å². The van der Waals surface area contributed by atoms with Crippen molar-refractivity contribution < 1.29 is 9.53 Å². The lowest BCUT2D eigenvalue weighted by atomic mass is 9.81. The molecule has 1 aromatic carbocycles. The zero-order valence-electron chi connectivity index (χ0n) is 9.75. The number of amides is 1. The van der Waals surface area contributed by atoms with Crippen LogP contribution in [0.1, 0.15) is 25.8 Å². The Hall–Kier alpha value is -1.51. The van der Waals surface area contributed by atoms with E-state index in [2.05, 4.69) is 12.2 Å². The third-order valence-electron chi connectivity index (χ3n) is 3.06. The molecule has 3 nitrogen and oxygen atoms in total. The van der Waals surface area contributed by atoms with Gasteiger partial charge in [0.25, 0.3) is 0 Å². The maximum Gasteiger partial charge on any atom is 0.220 e. The molecule has 0 spiro atoms. The Morgan fingerprint density at radius 3 is 2.81 bits per heavy atom. The minimum atomic E-state index is -0.136. The van der Waals surface area contributed by atoms with Gasteiger partial charge in [-0.1, -0.05) is 25.1 Å². The molecule has 2 rings (SSSR count). The van der Waals surface area contributed by atoms with Crippen LogP contribution >= 0.6 is 0 Å². The highest BCUT2D eigenvalue weighted by molar-refractivity contribution is 5.80. The number of ether oxygens (including phenoxy) is 1. The number of rotatable bonds is 3. The molecular weight excluding hydrogens is 202 g/mol. The minimum absolute atomic E-state index is 0.119. The number of hydrogen-bond acceptors (Lipinski definition) is 2. The molecule has 1 N–H and O–H groups in total. The molecule has 1 fully saturated rings. The largest absolute Gasteiger partial charge is 0.494 e. The predicted molar refractivity (Wildman–Crippen MR) is 62.6 cm³/mol. The smallest absolute Gasteiger partial charge is 0.220 e. The van der Waals surface area contributed by atoms with Crippen molar-refractivity contribution in [1.29, 1.82) is 0 Å². The second-order valence-electron chi connectivity index (χ2n) is 4.44. The Labute approximate surface area is 95.8 Å². The second-order valence-corrected chi connectivity index (χ2v) is 4.44. The summed E-state index contributed by atoms with van der Waals surface area (Å²) in [6.07, 6.45) is 0.539. The van der Waals surface area contributed by atoms with E-state index in [0.29, 0.717) is 19.6 Å². The van der Waals surface area contributed by atoms with Crippen LogP contribution in [0.5, 0.6) is 5.75 Å². The molecule has 1 unspecified atom stereocenters. The van der Waals surface area contributed by atoms with E-state index in [4.69, 9.17) is 4.74 Å². The summed E-state index contributed by atoms with van der Waals surface area (Å²) in [6.45, 7) is 5.41. The summed E-state index contributed by atoms with van der Waals surface area (Å²) in [5.41, 5.74) is 0.984. The van der Waals surface area contributed by atoms with Crippen molar-refractivity contribution in [1.82, 2.24) is 5.32 Å². The van der Waals surface area contributed by atoms with Gasteiger partial charge in [-0.25, -0.2) is 0 Å². The van der Waals surface area contributed by atoms with Gasteiger partial charge in [0, 0.05) is 23.9 Å². The molecule has 0 radical (unpaired) electrons. The first kappa shape index (κ1) is 11.0. The first-order chi connectivity index (χ1) is 7.65. The van der Waals surface area contributed by atoms with Gasteiger partial charge in [-0.15, -0.1) is 0 Å². The Kier molecular flexibility index (Phi) is 2.86. The molecule has 1 aliphatic heterocycles. The number of benzene rings is 1. The normalized spacial score (nSPS) is 24.2. The van der Waals surface area contributed by atoms with Gasteiger partial charge in [-0.3, -0.25) is 4.79 Å². The summed E-state index contributed by atoms with van der Waals surface area (Å²) >= 11 is 0. The Morgan fingerprint density at radius 1 is 1.44 bits per heavy atom. The summed E-state index contributed by atoms with van der Waals surface area (Å²) in [5.74, 6) is 1.01. The van der Waals surface area contributed by atoms with E-state index < -0.39 is 0 Å². The minimum Gasteiger partial charge on any atom is -0.494 e. The highest BCUT2D eigenvalue weighted by Gasteiger charge is 2.37. The van der Waals surface area contributed by atoms with Crippen molar-refractivity contribution >= 4 is 5.91 Å².